The predicted octanol–water partition coefficient (Wildman–Crippen LogP) is 2.09. The van der Waals surface area contributed by atoms with Crippen molar-refractivity contribution in [3.63, 3.8) is 0 Å². The van der Waals surface area contributed by atoms with Crippen LogP contribution in [-0.4, -0.2) is 51.4 Å². The Kier molecular flexibility index (Phi) is 5.02. The zero-order valence-electron chi connectivity index (χ0n) is 12.3. The van der Waals surface area contributed by atoms with Gasteiger partial charge in [-0.25, -0.2) is 15.0 Å². The van der Waals surface area contributed by atoms with Gasteiger partial charge in [-0.05, 0) is 12.1 Å². The van der Waals surface area contributed by atoms with E-state index in [1.807, 2.05) is 18.3 Å². The summed E-state index contributed by atoms with van der Waals surface area (Å²) in [6.45, 7) is 1.29. The van der Waals surface area contributed by atoms with Crippen LogP contribution in [0.25, 0.3) is 22.3 Å². The Balaban J connectivity index is 1.80. The molecule has 0 radical (unpaired) electrons. The van der Waals surface area contributed by atoms with E-state index in [-0.39, 0.29) is 6.61 Å². The Bertz CT molecular complexity index is 792. The van der Waals surface area contributed by atoms with Crippen molar-refractivity contribution in [3.8, 4) is 11.3 Å². The molecule has 8 heteroatoms. The molecule has 120 valence electrons. The van der Waals surface area contributed by atoms with Crippen LogP contribution in [0.5, 0.6) is 0 Å². The number of aliphatic hydroxyl groups excluding tert-OH is 1. The molecule has 3 aromatic rings. The van der Waals surface area contributed by atoms with Crippen LogP contribution in [0.1, 0.15) is 0 Å². The summed E-state index contributed by atoms with van der Waals surface area (Å²) in [4.78, 5) is 16.0. The summed E-state index contributed by atoms with van der Waals surface area (Å²) in [7, 11) is 0. The highest BCUT2D eigenvalue weighted by atomic mass is 35.5. The molecule has 0 saturated carbocycles. The second-order valence-corrected chi connectivity index (χ2v) is 5.15. The van der Waals surface area contributed by atoms with E-state index in [2.05, 4.69) is 25.3 Å². The van der Waals surface area contributed by atoms with Gasteiger partial charge >= 0.3 is 0 Å². The number of aromatic amines is 1. The van der Waals surface area contributed by atoms with Gasteiger partial charge in [-0.2, -0.15) is 0 Å². The van der Waals surface area contributed by atoms with E-state index in [1.165, 1.54) is 0 Å². The van der Waals surface area contributed by atoms with Crippen molar-refractivity contribution in [2.75, 3.05) is 31.7 Å². The number of nitrogens with zero attached hydrogens (tertiary/aromatic N) is 3. The van der Waals surface area contributed by atoms with Gasteiger partial charge in [-0.3, -0.25) is 0 Å². The summed E-state index contributed by atoms with van der Waals surface area (Å²) in [5, 5.41) is 13.0. The van der Waals surface area contributed by atoms with Crippen LogP contribution in [0.4, 0.5) is 5.95 Å². The number of rotatable bonds is 7. The second kappa shape index (κ2) is 7.36. The minimum Gasteiger partial charge on any atom is -0.394 e. The predicted molar refractivity (Wildman–Crippen MR) is 88.5 cm³/mol. The van der Waals surface area contributed by atoms with Crippen molar-refractivity contribution in [1.29, 1.82) is 0 Å². The topological polar surface area (TPSA) is 96.0 Å². The van der Waals surface area contributed by atoms with Crippen LogP contribution in [0.2, 0.25) is 5.15 Å². The molecule has 0 amide bonds. The van der Waals surface area contributed by atoms with Crippen LogP contribution in [-0.2, 0) is 4.74 Å². The number of hydrogen-bond donors (Lipinski definition) is 3. The highest BCUT2D eigenvalue weighted by molar-refractivity contribution is 6.29. The maximum absolute atomic E-state index is 8.65. The number of H-pyrrole nitrogens is 1. The SMILES string of the molecule is OCCOCCNc1nc(Cl)cc(-c2c[nH]c3ncccc23)n1. The van der Waals surface area contributed by atoms with Crippen LogP contribution in [0, 0.1) is 0 Å². The standard InChI is InChI=1S/C15H16ClN5O2/c16-13-8-12(11-9-19-14-10(11)2-1-3-17-14)20-15(21-13)18-4-6-23-7-5-22/h1-3,8-9,22H,4-7H2,(H,17,19)(H,18,20,21). The normalized spacial score (nSPS) is 11.0. The first-order valence-electron chi connectivity index (χ1n) is 7.17. The third-order valence-corrected chi connectivity index (χ3v) is 3.38. The monoisotopic (exact) mass is 333 g/mol. The van der Waals surface area contributed by atoms with Crippen molar-refractivity contribution in [3.05, 3.63) is 35.7 Å². The van der Waals surface area contributed by atoms with Gasteiger partial charge in [0.15, 0.2) is 0 Å². The molecule has 0 aliphatic heterocycles. The number of pyridine rings is 1. The maximum Gasteiger partial charge on any atom is 0.224 e. The van der Waals surface area contributed by atoms with E-state index in [1.54, 1.807) is 12.3 Å². The van der Waals surface area contributed by atoms with Crippen molar-refractivity contribution in [2.45, 2.75) is 0 Å². The van der Waals surface area contributed by atoms with Crippen LogP contribution in [0.15, 0.2) is 30.6 Å². The summed E-state index contributed by atoms with van der Waals surface area (Å²) < 4.78 is 5.18. The molecule has 0 spiro atoms. The minimum atomic E-state index is 0.00636. The molecule has 0 unspecified atom stereocenters. The zero-order chi connectivity index (χ0) is 16.1. The molecule has 23 heavy (non-hydrogen) atoms. The van der Waals surface area contributed by atoms with E-state index in [0.29, 0.717) is 36.6 Å². The van der Waals surface area contributed by atoms with E-state index >= 15 is 0 Å². The summed E-state index contributed by atoms with van der Waals surface area (Å²) in [6, 6.07) is 5.56. The molecule has 0 saturated heterocycles. The quantitative estimate of drug-likeness (QED) is 0.452. The van der Waals surface area contributed by atoms with Gasteiger partial charge in [0, 0.05) is 36.0 Å². The van der Waals surface area contributed by atoms with E-state index in [4.69, 9.17) is 21.4 Å². The molecule has 0 aromatic carbocycles. The Hall–Kier alpha value is -2.22. The molecule has 3 rings (SSSR count). The van der Waals surface area contributed by atoms with E-state index in [0.717, 1.165) is 16.6 Å². The van der Waals surface area contributed by atoms with E-state index < -0.39 is 0 Å². The van der Waals surface area contributed by atoms with Crippen LogP contribution >= 0.6 is 11.6 Å². The molecule has 3 aromatic heterocycles. The lowest BCUT2D eigenvalue weighted by Gasteiger charge is -2.07. The third-order valence-electron chi connectivity index (χ3n) is 3.19. The Morgan fingerprint density at radius 2 is 2.22 bits per heavy atom. The number of nitrogens with one attached hydrogen (secondary N) is 2. The Morgan fingerprint density at radius 3 is 3.09 bits per heavy atom. The van der Waals surface area contributed by atoms with Crippen LogP contribution < -0.4 is 5.32 Å². The smallest absolute Gasteiger partial charge is 0.224 e. The average Bonchev–Trinajstić information content (AvgIpc) is 2.98. The number of halogens is 1. The number of aliphatic hydroxyl groups is 1. The molecule has 7 nitrogen and oxygen atoms in total. The first kappa shape index (κ1) is 15.7. The number of ether oxygens (including phenoxy) is 1. The van der Waals surface area contributed by atoms with E-state index in [9.17, 15) is 0 Å². The van der Waals surface area contributed by atoms with Crippen LogP contribution in [0.3, 0.4) is 0 Å². The molecule has 0 fully saturated rings. The number of anilines is 1. The molecule has 0 bridgehead atoms. The van der Waals surface area contributed by atoms with Gasteiger partial charge in [-0.15, -0.1) is 0 Å². The Morgan fingerprint density at radius 1 is 1.30 bits per heavy atom. The molecular weight excluding hydrogens is 318 g/mol. The maximum atomic E-state index is 8.65. The molecule has 0 aliphatic rings. The van der Waals surface area contributed by atoms with Crippen molar-refractivity contribution < 1.29 is 9.84 Å². The zero-order valence-corrected chi connectivity index (χ0v) is 13.0. The Labute approximate surface area is 137 Å². The van der Waals surface area contributed by atoms with Gasteiger partial charge in [0.05, 0.1) is 25.5 Å². The molecule has 3 N–H and O–H groups in total. The number of fused-ring (bicyclic) bond motifs is 1. The first-order chi connectivity index (χ1) is 11.3. The highest BCUT2D eigenvalue weighted by Gasteiger charge is 2.10. The lowest BCUT2D eigenvalue weighted by molar-refractivity contribution is 0.0991. The third kappa shape index (κ3) is 3.76. The molecular formula is C15H16ClN5O2. The fourth-order valence-corrected chi connectivity index (χ4v) is 2.39. The largest absolute Gasteiger partial charge is 0.394 e. The van der Waals surface area contributed by atoms with Gasteiger partial charge < -0.3 is 20.1 Å². The second-order valence-electron chi connectivity index (χ2n) is 4.76. The number of aromatic nitrogens is 4. The summed E-state index contributed by atoms with van der Waals surface area (Å²) >= 11 is 6.10. The highest BCUT2D eigenvalue weighted by Crippen LogP contribution is 2.28. The molecule has 0 atom stereocenters. The first-order valence-corrected chi connectivity index (χ1v) is 7.55. The average molecular weight is 334 g/mol. The lowest BCUT2D eigenvalue weighted by Crippen LogP contribution is -2.13. The van der Waals surface area contributed by atoms with Crippen molar-refractivity contribution in [1.82, 2.24) is 19.9 Å². The van der Waals surface area contributed by atoms with Gasteiger partial charge in [0.1, 0.15) is 10.8 Å². The fraction of sp³-hybridized carbons (Fsp3) is 0.267. The fourth-order valence-electron chi connectivity index (χ4n) is 2.20. The molecule has 0 aliphatic carbocycles. The van der Waals surface area contributed by atoms with Gasteiger partial charge in [0.2, 0.25) is 5.95 Å². The minimum absolute atomic E-state index is 0.00636. The molecule has 3 heterocycles. The van der Waals surface area contributed by atoms with Gasteiger partial charge in [0.25, 0.3) is 0 Å². The van der Waals surface area contributed by atoms with Gasteiger partial charge in [-0.1, -0.05) is 11.6 Å². The van der Waals surface area contributed by atoms with Crippen molar-refractivity contribution in [2.24, 2.45) is 0 Å². The van der Waals surface area contributed by atoms with Crippen molar-refractivity contribution >= 4 is 28.6 Å². The summed E-state index contributed by atoms with van der Waals surface area (Å²) in [5.74, 6) is 0.429. The lowest BCUT2D eigenvalue weighted by atomic mass is 10.1. The summed E-state index contributed by atoms with van der Waals surface area (Å²) in [5.41, 5.74) is 2.42. The number of hydrogen-bond acceptors (Lipinski definition) is 6. The summed E-state index contributed by atoms with van der Waals surface area (Å²) in [6.07, 6.45) is 3.58.